The van der Waals surface area contributed by atoms with E-state index < -0.39 is 0 Å². The van der Waals surface area contributed by atoms with E-state index in [1.807, 2.05) is 23.6 Å². The zero-order valence-electron chi connectivity index (χ0n) is 10.3. The Bertz CT molecular complexity index is 499. The summed E-state index contributed by atoms with van der Waals surface area (Å²) in [6, 6.07) is 7.99. The van der Waals surface area contributed by atoms with Crippen LogP contribution in [0.15, 0.2) is 29.6 Å². The molecule has 0 amide bonds. The number of aromatic nitrogens is 1. The van der Waals surface area contributed by atoms with Gasteiger partial charge in [-0.15, -0.1) is 11.3 Å². The normalized spacial score (nSPS) is 10.5. The third-order valence-electron chi connectivity index (χ3n) is 2.41. The molecular weight excluding hydrogens is 248 g/mol. The average Bonchev–Trinajstić information content (AvgIpc) is 2.76. The van der Waals surface area contributed by atoms with Crippen molar-refractivity contribution in [3.05, 3.63) is 40.9 Å². The quantitative estimate of drug-likeness (QED) is 0.814. The molecule has 0 fully saturated rings. The molecule has 0 aliphatic rings. The third-order valence-corrected chi connectivity index (χ3v) is 3.13. The maximum Gasteiger partial charge on any atom is 0.180 e. The minimum Gasteiger partial charge on any atom is -0.491 e. The van der Waals surface area contributed by atoms with Crippen LogP contribution >= 0.6 is 11.3 Å². The first-order chi connectivity index (χ1) is 8.78. The minimum atomic E-state index is 0.559. The smallest absolute Gasteiger partial charge is 0.180 e. The highest BCUT2D eigenvalue weighted by Gasteiger charge is 2.02. The summed E-state index contributed by atoms with van der Waals surface area (Å²) in [5, 5.41) is 2.59. The summed E-state index contributed by atoms with van der Waals surface area (Å²) < 4.78 is 10.5. The second-order valence-electron chi connectivity index (χ2n) is 3.84. The van der Waals surface area contributed by atoms with Gasteiger partial charge in [0.2, 0.25) is 0 Å². The van der Waals surface area contributed by atoms with Crippen LogP contribution in [0, 0.1) is 0 Å². The van der Waals surface area contributed by atoms with Crippen LogP contribution in [0.2, 0.25) is 0 Å². The van der Waals surface area contributed by atoms with Crippen LogP contribution in [-0.4, -0.2) is 25.3 Å². The molecule has 2 N–H and O–H groups in total. The highest BCUT2D eigenvalue weighted by atomic mass is 32.1. The Kier molecular flexibility index (Phi) is 4.55. The van der Waals surface area contributed by atoms with Crippen LogP contribution in [0.3, 0.4) is 0 Å². The molecule has 0 radical (unpaired) electrons. The van der Waals surface area contributed by atoms with Crippen molar-refractivity contribution in [3.63, 3.8) is 0 Å². The van der Waals surface area contributed by atoms with Gasteiger partial charge in [0, 0.05) is 18.9 Å². The molecule has 0 bridgehead atoms. The molecule has 0 unspecified atom stereocenters. The number of nitrogen functional groups attached to an aromatic ring is 1. The van der Waals surface area contributed by atoms with Crippen molar-refractivity contribution >= 4 is 16.5 Å². The molecule has 0 aliphatic heterocycles. The van der Waals surface area contributed by atoms with E-state index >= 15 is 0 Å². The van der Waals surface area contributed by atoms with E-state index in [0.717, 1.165) is 23.4 Å². The number of anilines is 1. The van der Waals surface area contributed by atoms with E-state index in [4.69, 9.17) is 15.2 Å². The van der Waals surface area contributed by atoms with Gasteiger partial charge in [0.25, 0.3) is 0 Å². The summed E-state index contributed by atoms with van der Waals surface area (Å²) in [6.45, 7) is 1.15. The van der Waals surface area contributed by atoms with Crippen LogP contribution in [0.5, 0.6) is 5.75 Å². The maximum atomic E-state index is 5.61. The fraction of sp³-hybridized carbons (Fsp3) is 0.308. The van der Waals surface area contributed by atoms with Gasteiger partial charge >= 0.3 is 0 Å². The highest BCUT2D eigenvalue weighted by molar-refractivity contribution is 7.13. The molecule has 1 aromatic heterocycles. The van der Waals surface area contributed by atoms with E-state index in [9.17, 15) is 0 Å². The molecule has 1 aromatic carbocycles. The topological polar surface area (TPSA) is 57.4 Å². The van der Waals surface area contributed by atoms with Gasteiger partial charge in [0.15, 0.2) is 5.13 Å². The fourth-order valence-corrected chi connectivity index (χ4v) is 2.16. The first-order valence-electron chi connectivity index (χ1n) is 5.68. The molecule has 2 aromatic rings. The monoisotopic (exact) mass is 264 g/mol. The largest absolute Gasteiger partial charge is 0.491 e. The van der Waals surface area contributed by atoms with Crippen molar-refractivity contribution in [3.8, 4) is 5.75 Å². The molecule has 0 aliphatic carbocycles. The Morgan fingerprint density at radius 1 is 1.33 bits per heavy atom. The van der Waals surface area contributed by atoms with Crippen molar-refractivity contribution < 1.29 is 9.47 Å². The van der Waals surface area contributed by atoms with Crippen LogP contribution < -0.4 is 10.5 Å². The molecule has 5 heteroatoms. The first-order valence-corrected chi connectivity index (χ1v) is 6.56. The molecule has 96 valence electrons. The van der Waals surface area contributed by atoms with Crippen LogP contribution in [0.1, 0.15) is 11.3 Å². The predicted molar refractivity (Wildman–Crippen MR) is 73.1 cm³/mol. The highest BCUT2D eigenvalue weighted by Crippen LogP contribution is 2.18. The van der Waals surface area contributed by atoms with Gasteiger partial charge in [0.05, 0.1) is 12.3 Å². The third kappa shape index (κ3) is 3.72. The van der Waals surface area contributed by atoms with E-state index in [-0.39, 0.29) is 0 Å². The Hall–Kier alpha value is -1.59. The van der Waals surface area contributed by atoms with Gasteiger partial charge in [-0.25, -0.2) is 4.98 Å². The van der Waals surface area contributed by atoms with E-state index in [1.54, 1.807) is 7.11 Å². The Morgan fingerprint density at radius 2 is 2.22 bits per heavy atom. The number of thiazole rings is 1. The molecule has 2 rings (SSSR count). The Labute approximate surface area is 110 Å². The maximum absolute atomic E-state index is 5.61. The number of benzene rings is 1. The lowest BCUT2D eigenvalue weighted by Gasteiger charge is -2.06. The van der Waals surface area contributed by atoms with Gasteiger partial charge in [-0.3, -0.25) is 0 Å². The standard InChI is InChI=1S/C13H16N2O2S/c1-16-5-6-17-12-4-2-3-10(8-12)7-11-9-18-13(14)15-11/h2-4,8-9H,5-7H2,1H3,(H2,14,15). The van der Waals surface area contributed by atoms with Gasteiger partial charge < -0.3 is 15.2 Å². The summed E-state index contributed by atoms with van der Waals surface area (Å²) in [6.07, 6.45) is 0.773. The number of nitrogens with zero attached hydrogens (tertiary/aromatic N) is 1. The van der Waals surface area contributed by atoms with Crippen LogP contribution in [0.4, 0.5) is 5.13 Å². The number of nitrogens with two attached hydrogens (primary N) is 1. The Morgan fingerprint density at radius 3 is 2.94 bits per heavy atom. The number of rotatable bonds is 6. The Balaban J connectivity index is 1.98. The lowest BCUT2D eigenvalue weighted by Crippen LogP contribution is -2.04. The van der Waals surface area contributed by atoms with Crippen molar-refractivity contribution in [2.45, 2.75) is 6.42 Å². The molecule has 0 saturated carbocycles. The number of methoxy groups -OCH3 is 1. The number of ether oxygens (including phenoxy) is 2. The minimum absolute atomic E-state index is 0.559. The molecule has 0 saturated heterocycles. The van der Waals surface area contributed by atoms with E-state index in [1.165, 1.54) is 11.3 Å². The SMILES string of the molecule is COCCOc1cccc(Cc2csc(N)n2)c1. The first kappa shape index (κ1) is 12.9. The summed E-state index contributed by atoms with van der Waals surface area (Å²) in [5.41, 5.74) is 7.77. The molecule has 4 nitrogen and oxygen atoms in total. The second-order valence-corrected chi connectivity index (χ2v) is 4.73. The molecule has 0 atom stereocenters. The van der Waals surface area contributed by atoms with Gasteiger partial charge in [-0.2, -0.15) is 0 Å². The zero-order chi connectivity index (χ0) is 12.8. The van der Waals surface area contributed by atoms with Crippen molar-refractivity contribution in [2.24, 2.45) is 0 Å². The van der Waals surface area contributed by atoms with Crippen molar-refractivity contribution in [1.82, 2.24) is 4.98 Å². The fourth-order valence-electron chi connectivity index (χ4n) is 1.60. The summed E-state index contributed by atoms with van der Waals surface area (Å²) in [4.78, 5) is 4.25. The van der Waals surface area contributed by atoms with E-state index in [2.05, 4.69) is 11.1 Å². The second kappa shape index (κ2) is 6.37. The van der Waals surface area contributed by atoms with Crippen molar-refractivity contribution in [1.29, 1.82) is 0 Å². The van der Waals surface area contributed by atoms with Crippen LogP contribution in [-0.2, 0) is 11.2 Å². The molecule has 18 heavy (non-hydrogen) atoms. The zero-order valence-corrected chi connectivity index (χ0v) is 11.1. The molecule has 1 heterocycles. The summed E-state index contributed by atoms with van der Waals surface area (Å²) in [5.74, 6) is 0.854. The molecular formula is C13H16N2O2S. The van der Waals surface area contributed by atoms with Crippen molar-refractivity contribution in [2.75, 3.05) is 26.1 Å². The summed E-state index contributed by atoms with van der Waals surface area (Å²) in [7, 11) is 1.66. The molecule has 0 spiro atoms. The average molecular weight is 264 g/mol. The number of hydrogen-bond acceptors (Lipinski definition) is 5. The predicted octanol–water partition coefficient (Wildman–Crippen LogP) is 2.34. The summed E-state index contributed by atoms with van der Waals surface area (Å²) >= 11 is 1.46. The lowest BCUT2D eigenvalue weighted by atomic mass is 10.1. The van der Waals surface area contributed by atoms with Gasteiger partial charge in [-0.1, -0.05) is 12.1 Å². The van der Waals surface area contributed by atoms with Gasteiger partial charge in [0.1, 0.15) is 12.4 Å². The lowest BCUT2D eigenvalue weighted by molar-refractivity contribution is 0.146. The van der Waals surface area contributed by atoms with E-state index in [0.29, 0.717) is 18.3 Å². The van der Waals surface area contributed by atoms with Crippen LogP contribution in [0.25, 0.3) is 0 Å². The van der Waals surface area contributed by atoms with Gasteiger partial charge in [-0.05, 0) is 17.7 Å². The number of hydrogen-bond donors (Lipinski definition) is 1.